The van der Waals surface area contributed by atoms with Crippen molar-refractivity contribution in [1.29, 1.82) is 0 Å². The van der Waals surface area contributed by atoms with Crippen LogP contribution < -0.4 is 10.3 Å². The Balaban J connectivity index is 1.63. The van der Waals surface area contributed by atoms with Crippen molar-refractivity contribution in [2.24, 2.45) is 25.5 Å². The molecule has 1 aliphatic heterocycles. The molecule has 10 nitrogen and oxygen atoms in total. The molecule has 0 aliphatic carbocycles. The van der Waals surface area contributed by atoms with Crippen molar-refractivity contribution in [3.05, 3.63) is 101 Å². The molecule has 1 heterocycles. The number of nitrogens with zero attached hydrogens (tertiary/aromatic N) is 6. The third-order valence-electron chi connectivity index (χ3n) is 5.54. The first kappa shape index (κ1) is 26.0. The van der Waals surface area contributed by atoms with Crippen LogP contribution in [0.15, 0.2) is 109 Å². The van der Waals surface area contributed by atoms with Gasteiger partial charge in [0.15, 0.2) is 0 Å². The zero-order chi connectivity index (χ0) is 26.3. The van der Waals surface area contributed by atoms with Gasteiger partial charge in [0.1, 0.15) is 0 Å². The number of sulfonamides is 1. The Morgan fingerprint density at radius 1 is 1.03 bits per heavy atom. The maximum atomic E-state index is 13.0. The monoisotopic (exact) mass is 536 g/mol. The van der Waals surface area contributed by atoms with Crippen LogP contribution >= 0.6 is 11.6 Å². The molecule has 0 bridgehead atoms. The Kier molecular flexibility index (Phi) is 8.26. The molecule has 0 fully saturated rings. The van der Waals surface area contributed by atoms with E-state index in [1.807, 2.05) is 54.6 Å². The molecular weight excluding hydrogens is 512 g/mol. The van der Waals surface area contributed by atoms with E-state index in [1.165, 1.54) is 31.3 Å². The molecule has 0 radical (unpaired) electrons. The van der Waals surface area contributed by atoms with E-state index in [4.69, 9.17) is 16.7 Å². The lowest BCUT2D eigenvalue weighted by molar-refractivity contribution is 0.462. The van der Waals surface area contributed by atoms with Gasteiger partial charge in [0.25, 0.3) is 10.0 Å². The molecule has 3 aromatic carbocycles. The zero-order valence-electron chi connectivity index (χ0n) is 20.2. The molecule has 12 heteroatoms. The Hall–Kier alpha value is -4.09. The number of halogens is 1. The van der Waals surface area contributed by atoms with Gasteiger partial charge in [-0.15, -0.1) is 0 Å². The SMILES string of the molecule is CN=NN/N=C/c1ccc(C2=NN(C(=NC)NS(=O)(=O)c3ccc(Cl)cc3)CC2c2ccccc2)cc1. The predicted molar refractivity (Wildman–Crippen MR) is 146 cm³/mol. The molecule has 1 unspecified atom stereocenters. The third-order valence-corrected chi connectivity index (χ3v) is 7.14. The number of guanidine groups is 1. The summed E-state index contributed by atoms with van der Waals surface area (Å²) in [5.74, 6) is 0.00920. The van der Waals surface area contributed by atoms with E-state index in [0.29, 0.717) is 11.6 Å². The predicted octanol–water partition coefficient (Wildman–Crippen LogP) is 4.03. The Labute approximate surface area is 220 Å². The molecular formula is C25H25ClN8O2S. The fourth-order valence-corrected chi connectivity index (χ4v) is 4.94. The fraction of sp³-hybridized carbons (Fsp3) is 0.160. The van der Waals surface area contributed by atoms with Gasteiger partial charge in [-0.2, -0.15) is 20.9 Å². The van der Waals surface area contributed by atoms with Gasteiger partial charge in [-0.05, 0) is 41.0 Å². The van der Waals surface area contributed by atoms with Crippen molar-refractivity contribution in [2.45, 2.75) is 10.8 Å². The van der Waals surface area contributed by atoms with Crippen LogP contribution in [0.1, 0.15) is 22.6 Å². The maximum absolute atomic E-state index is 13.0. The number of hydrogen-bond acceptors (Lipinski definition) is 7. The summed E-state index contributed by atoms with van der Waals surface area (Å²) in [6.45, 7) is 0.407. The van der Waals surface area contributed by atoms with Crippen LogP contribution in [-0.2, 0) is 10.0 Å². The summed E-state index contributed by atoms with van der Waals surface area (Å²) in [5, 5.41) is 17.9. The van der Waals surface area contributed by atoms with Gasteiger partial charge in [-0.3, -0.25) is 4.99 Å². The minimum atomic E-state index is -3.89. The molecule has 1 aliphatic rings. The van der Waals surface area contributed by atoms with Gasteiger partial charge in [0.05, 0.1) is 30.4 Å². The normalized spacial score (nSPS) is 16.4. The summed E-state index contributed by atoms with van der Waals surface area (Å²) >= 11 is 5.91. The summed E-state index contributed by atoms with van der Waals surface area (Å²) in [7, 11) is -0.830. The Bertz CT molecular complexity index is 1440. The fourth-order valence-electron chi connectivity index (χ4n) is 3.76. The quantitative estimate of drug-likeness (QED) is 0.205. The van der Waals surface area contributed by atoms with Crippen LogP contribution in [0.5, 0.6) is 0 Å². The lowest BCUT2D eigenvalue weighted by atomic mass is 9.90. The number of nitrogens with one attached hydrogen (secondary N) is 2. The molecule has 1 atom stereocenters. The van der Waals surface area contributed by atoms with Gasteiger partial charge >= 0.3 is 0 Å². The first-order valence-corrected chi connectivity index (χ1v) is 13.1. The van der Waals surface area contributed by atoms with Gasteiger partial charge in [-0.1, -0.05) is 71.4 Å². The largest absolute Gasteiger partial charge is 0.264 e. The summed E-state index contributed by atoms with van der Waals surface area (Å²) in [6, 6.07) is 23.6. The molecule has 37 heavy (non-hydrogen) atoms. The highest BCUT2D eigenvalue weighted by Crippen LogP contribution is 2.29. The van der Waals surface area contributed by atoms with E-state index in [0.717, 1.165) is 22.4 Å². The second-order valence-electron chi connectivity index (χ2n) is 7.92. The lowest BCUT2D eigenvalue weighted by Gasteiger charge is -2.19. The first-order chi connectivity index (χ1) is 17.9. The second-order valence-corrected chi connectivity index (χ2v) is 10.0. The molecule has 0 aromatic heterocycles. The van der Waals surface area contributed by atoms with Crippen LogP contribution in [0.25, 0.3) is 0 Å². The molecule has 4 rings (SSSR count). The number of hydrazone groups is 2. The van der Waals surface area contributed by atoms with Crippen molar-refractivity contribution in [1.82, 2.24) is 15.3 Å². The second kappa shape index (κ2) is 11.8. The average molecular weight is 537 g/mol. The van der Waals surface area contributed by atoms with E-state index in [1.54, 1.807) is 18.3 Å². The molecule has 190 valence electrons. The van der Waals surface area contributed by atoms with Gasteiger partial charge in [0.2, 0.25) is 5.96 Å². The molecule has 3 aromatic rings. The lowest BCUT2D eigenvalue weighted by Crippen LogP contribution is -2.41. The Morgan fingerprint density at radius 2 is 1.73 bits per heavy atom. The van der Waals surface area contributed by atoms with Crippen molar-refractivity contribution >= 4 is 39.5 Å². The van der Waals surface area contributed by atoms with E-state index in [2.05, 4.69) is 30.7 Å². The highest BCUT2D eigenvalue weighted by Gasteiger charge is 2.32. The first-order valence-electron chi connectivity index (χ1n) is 11.2. The summed E-state index contributed by atoms with van der Waals surface area (Å²) < 4.78 is 28.6. The van der Waals surface area contributed by atoms with Gasteiger partial charge in [0, 0.05) is 18.0 Å². The molecule has 0 amide bonds. The van der Waals surface area contributed by atoms with Crippen LogP contribution in [0.2, 0.25) is 5.02 Å². The van der Waals surface area contributed by atoms with Crippen molar-refractivity contribution < 1.29 is 8.42 Å². The van der Waals surface area contributed by atoms with Crippen molar-refractivity contribution in [2.75, 3.05) is 20.6 Å². The molecule has 0 spiro atoms. The standard InChI is InChI=1S/C25H25ClN8O2S/c1-27-25(31-37(35,36)22-14-12-21(26)13-15-22)34-17-23(19-6-4-3-5-7-19)24(30-34)20-10-8-18(9-11-20)16-29-33-32-28-2/h3-16,23H,17H2,1-2H3,(H,27,31)(H,28,33)/b29-16+. The summed E-state index contributed by atoms with van der Waals surface area (Å²) in [4.78, 5) is 4.27. The van der Waals surface area contributed by atoms with Crippen molar-refractivity contribution in [3.8, 4) is 0 Å². The minimum Gasteiger partial charge on any atom is -0.254 e. The maximum Gasteiger partial charge on any atom is 0.264 e. The van der Waals surface area contributed by atoms with Gasteiger partial charge in [-0.25, -0.2) is 18.1 Å². The highest BCUT2D eigenvalue weighted by molar-refractivity contribution is 7.90. The third kappa shape index (κ3) is 6.38. The van der Waals surface area contributed by atoms with Crippen LogP contribution in [0.3, 0.4) is 0 Å². The van der Waals surface area contributed by atoms with Crippen LogP contribution in [-0.4, -0.2) is 52.0 Å². The summed E-state index contributed by atoms with van der Waals surface area (Å²) in [6.07, 6.45) is 1.63. The number of benzene rings is 3. The van der Waals surface area contributed by atoms with E-state index >= 15 is 0 Å². The number of rotatable bonds is 7. The molecule has 2 N–H and O–H groups in total. The van der Waals surface area contributed by atoms with Crippen molar-refractivity contribution in [3.63, 3.8) is 0 Å². The average Bonchev–Trinajstić information content (AvgIpc) is 3.36. The highest BCUT2D eigenvalue weighted by atomic mass is 35.5. The Morgan fingerprint density at radius 3 is 2.38 bits per heavy atom. The smallest absolute Gasteiger partial charge is 0.254 e. The van der Waals surface area contributed by atoms with Crippen LogP contribution in [0.4, 0.5) is 0 Å². The minimum absolute atomic E-state index is 0.0770. The zero-order valence-corrected chi connectivity index (χ0v) is 21.7. The van der Waals surface area contributed by atoms with E-state index in [9.17, 15) is 8.42 Å². The van der Waals surface area contributed by atoms with E-state index < -0.39 is 10.0 Å². The van der Waals surface area contributed by atoms with Gasteiger partial charge < -0.3 is 0 Å². The summed E-state index contributed by atoms with van der Waals surface area (Å²) in [5.41, 5.74) is 6.06. The molecule has 0 saturated carbocycles. The topological polar surface area (TPSA) is 123 Å². The van der Waals surface area contributed by atoms with E-state index in [-0.39, 0.29) is 16.8 Å². The number of hydrogen-bond donors (Lipinski definition) is 2. The number of aliphatic imine (C=N–C) groups is 1. The van der Waals surface area contributed by atoms with Crippen LogP contribution in [0, 0.1) is 0 Å². The molecule has 0 saturated heterocycles.